The molecule has 23 heavy (non-hydrogen) atoms. The summed E-state index contributed by atoms with van der Waals surface area (Å²) >= 11 is 0. The number of allylic oxidation sites excluding steroid dienone is 1. The summed E-state index contributed by atoms with van der Waals surface area (Å²) in [5.41, 5.74) is 6.17. The van der Waals surface area contributed by atoms with E-state index in [1.165, 1.54) is 48.2 Å². The Morgan fingerprint density at radius 3 is 2.74 bits per heavy atom. The van der Waals surface area contributed by atoms with E-state index in [0.29, 0.717) is 5.92 Å². The standard InChI is InChI=1S/C20H21N3/c1-2-21-20-12-7-15(13-22-20)16-8-11-19-17(16)9-10-18(23-19)14-5-3-4-6-14/h2,7-10,12-14H,1,3-6,11H2,(H,21,22). The molecular formula is C20H21N3. The predicted molar refractivity (Wildman–Crippen MR) is 94.3 cm³/mol. The van der Waals surface area contributed by atoms with E-state index in [9.17, 15) is 0 Å². The molecule has 0 bridgehead atoms. The number of hydrogen-bond acceptors (Lipinski definition) is 3. The number of aromatic nitrogens is 2. The number of pyridine rings is 2. The Bertz CT molecular complexity index is 753. The van der Waals surface area contributed by atoms with Crippen molar-refractivity contribution in [2.75, 3.05) is 5.32 Å². The Morgan fingerprint density at radius 1 is 1.13 bits per heavy atom. The molecule has 3 nitrogen and oxygen atoms in total. The van der Waals surface area contributed by atoms with Crippen LogP contribution in [-0.2, 0) is 6.42 Å². The summed E-state index contributed by atoms with van der Waals surface area (Å²) in [5.74, 6) is 1.49. The molecule has 0 aliphatic heterocycles. The van der Waals surface area contributed by atoms with E-state index in [4.69, 9.17) is 4.98 Å². The first-order valence-corrected chi connectivity index (χ1v) is 8.39. The van der Waals surface area contributed by atoms with Crippen molar-refractivity contribution in [3.05, 3.63) is 71.8 Å². The highest BCUT2D eigenvalue weighted by Gasteiger charge is 2.22. The summed E-state index contributed by atoms with van der Waals surface area (Å²) in [6, 6.07) is 8.57. The van der Waals surface area contributed by atoms with E-state index in [-0.39, 0.29) is 0 Å². The number of anilines is 1. The lowest BCUT2D eigenvalue weighted by atomic mass is 9.99. The number of nitrogens with zero attached hydrogens (tertiary/aromatic N) is 2. The second kappa shape index (κ2) is 5.99. The van der Waals surface area contributed by atoms with E-state index >= 15 is 0 Å². The molecule has 2 aromatic heterocycles. The number of nitrogens with one attached hydrogen (secondary N) is 1. The van der Waals surface area contributed by atoms with Gasteiger partial charge in [0.1, 0.15) is 5.82 Å². The van der Waals surface area contributed by atoms with E-state index in [2.05, 4.69) is 41.2 Å². The number of rotatable bonds is 4. The van der Waals surface area contributed by atoms with Crippen molar-refractivity contribution in [1.29, 1.82) is 0 Å². The molecule has 0 amide bonds. The lowest BCUT2D eigenvalue weighted by molar-refractivity contribution is 0.693. The minimum atomic E-state index is 0.676. The summed E-state index contributed by atoms with van der Waals surface area (Å²) in [7, 11) is 0. The Labute approximate surface area is 137 Å². The molecule has 2 aromatic rings. The van der Waals surface area contributed by atoms with E-state index in [1.54, 1.807) is 6.20 Å². The Balaban J connectivity index is 1.60. The van der Waals surface area contributed by atoms with Crippen molar-refractivity contribution in [2.45, 2.75) is 38.0 Å². The van der Waals surface area contributed by atoms with Crippen molar-refractivity contribution in [1.82, 2.24) is 9.97 Å². The highest BCUT2D eigenvalue weighted by Crippen LogP contribution is 2.36. The second-order valence-electron chi connectivity index (χ2n) is 6.31. The summed E-state index contributed by atoms with van der Waals surface area (Å²) in [4.78, 5) is 9.38. The van der Waals surface area contributed by atoms with Crippen LogP contribution < -0.4 is 5.32 Å². The van der Waals surface area contributed by atoms with Gasteiger partial charge in [0.2, 0.25) is 0 Å². The van der Waals surface area contributed by atoms with Crippen LogP contribution in [0, 0.1) is 0 Å². The average molecular weight is 303 g/mol. The van der Waals surface area contributed by atoms with Crippen LogP contribution in [0.4, 0.5) is 5.82 Å². The van der Waals surface area contributed by atoms with Gasteiger partial charge >= 0.3 is 0 Å². The molecule has 0 radical (unpaired) electrons. The van der Waals surface area contributed by atoms with Crippen LogP contribution in [0.1, 0.15) is 54.1 Å². The third-order valence-corrected chi connectivity index (χ3v) is 4.88. The quantitative estimate of drug-likeness (QED) is 0.891. The zero-order chi connectivity index (χ0) is 15.6. The average Bonchev–Trinajstić information content (AvgIpc) is 3.25. The number of hydrogen-bond donors (Lipinski definition) is 1. The van der Waals surface area contributed by atoms with Crippen molar-refractivity contribution in [3.8, 4) is 0 Å². The Kier molecular flexibility index (Phi) is 3.70. The van der Waals surface area contributed by atoms with Gasteiger partial charge in [-0.25, -0.2) is 4.98 Å². The highest BCUT2D eigenvalue weighted by molar-refractivity contribution is 5.83. The molecule has 2 aliphatic rings. The predicted octanol–water partition coefficient (Wildman–Crippen LogP) is 4.68. The highest BCUT2D eigenvalue weighted by atomic mass is 15.0. The molecule has 1 fully saturated rings. The monoisotopic (exact) mass is 303 g/mol. The minimum absolute atomic E-state index is 0.676. The van der Waals surface area contributed by atoms with Crippen LogP contribution in [0.3, 0.4) is 0 Å². The topological polar surface area (TPSA) is 37.8 Å². The molecule has 2 aliphatic carbocycles. The third kappa shape index (κ3) is 2.67. The van der Waals surface area contributed by atoms with Gasteiger partial charge in [0.15, 0.2) is 0 Å². The first kappa shape index (κ1) is 14.2. The zero-order valence-electron chi connectivity index (χ0n) is 13.3. The van der Waals surface area contributed by atoms with Crippen LogP contribution in [0.5, 0.6) is 0 Å². The molecule has 116 valence electrons. The summed E-state index contributed by atoms with van der Waals surface area (Å²) in [5, 5.41) is 3.00. The molecule has 0 atom stereocenters. The van der Waals surface area contributed by atoms with Gasteiger partial charge in [-0.1, -0.05) is 31.6 Å². The van der Waals surface area contributed by atoms with Gasteiger partial charge in [-0.15, -0.1) is 0 Å². The van der Waals surface area contributed by atoms with Crippen LogP contribution >= 0.6 is 0 Å². The lowest BCUT2D eigenvalue weighted by Gasteiger charge is -2.12. The van der Waals surface area contributed by atoms with Crippen LogP contribution in [0.25, 0.3) is 5.57 Å². The van der Waals surface area contributed by atoms with Crippen molar-refractivity contribution in [3.63, 3.8) is 0 Å². The smallest absolute Gasteiger partial charge is 0.129 e. The first-order chi connectivity index (χ1) is 11.3. The van der Waals surface area contributed by atoms with Gasteiger partial charge in [0, 0.05) is 35.4 Å². The zero-order valence-corrected chi connectivity index (χ0v) is 13.3. The molecule has 0 spiro atoms. The molecule has 0 aromatic carbocycles. The van der Waals surface area contributed by atoms with Crippen molar-refractivity contribution >= 4 is 11.4 Å². The van der Waals surface area contributed by atoms with Gasteiger partial charge in [0.05, 0.1) is 5.69 Å². The molecule has 1 N–H and O–H groups in total. The van der Waals surface area contributed by atoms with Crippen molar-refractivity contribution in [2.24, 2.45) is 0 Å². The Morgan fingerprint density at radius 2 is 2.00 bits per heavy atom. The van der Waals surface area contributed by atoms with Gasteiger partial charge in [-0.3, -0.25) is 4.98 Å². The maximum atomic E-state index is 4.96. The fourth-order valence-electron chi connectivity index (χ4n) is 3.69. The summed E-state index contributed by atoms with van der Waals surface area (Å²) < 4.78 is 0. The van der Waals surface area contributed by atoms with Gasteiger partial charge < -0.3 is 5.32 Å². The molecule has 0 saturated heterocycles. The summed E-state index contributed by atoms with van der Waals surface area (Å²) in [6.45, 7) is 3.66. The second-order valence-corrected chi connectivity index (χ2v) is 6.31. The van der Waals surface area contributed by atoms with Crippen LogP contribution in [0.15, 0.2) is 49.3 Å². The fourth-order valence-corrected chi connectivity index (χ4v) is 3.69. The van der Waals surface area contributed by atoms with E-state index in [0.717, 1.165) is 17.8 Å². The van der Waals surface area contributed by atoms with Crippen molar-refractivity contribution < 1.29 is 0 Å². The van der Waals surface area contributed by atoms with E-state index in [1.807, 2.05) is 12.3 Å². The van der Waals surface area contributed by atoms with Crippen LogP contribution in [-0.4, -0.2) is 9.97 Å². The van der Waals surface area contributed by atoms with Gasteiger partial charge in [0.25, 0.3) is 0 Å². The first-order valence-electron chi connectivity index (χ1n) is 8.39. The normalized spacial score (nSPS) is 17.0. The maximum Gasteiger partial charge on any atom is 0.129 e. The maximum absolute atomic E-state index is 4.96. The van der Waals surface area contributed by atoms with Gasteiger partial charge in [-0.05, 0) is 42.8 Å². The molecular weight excluding hydrogens is 282 g/mol. The van der Waals surface area contributed by atoms with Crippen LogP contribution in [0.2, 0.25) is 0 Å². The molecule has 0 unspecified atom stereocenters. The largest absolute Gasteiger partial charge is 0.347 e. The lowest BCUT2D eigenvalue weighted by Crippen LogP contribution is -2.00. The minimum Gasteiger partial charge on any atom is -0.347 e. The molecule has 4 rings (SSSR count). The third-order valence-electron chi connectivity index (χ3n) is 4.88. The van der Waals surface area contributed by atoms with Gasteiger partial charge in [-0.2, -0.15) is 0 Å². The number of fused-ring (bicyclic) bond motifs is 1. The Hall–Kier alpha value is -2.42. The fraction of sp³-hybridized carbons (Fsp3) is 0.300. The van der Waals surface area contributed by atoms with E-state index < -0.39 is 0 Å². The summed E-state index contributed by atoms with van der Waals surface area (Å²) in [6.07, 6.45) is 12.1. The SMILES string of the molecule is C=CNc1ccc(C2=CCc3nc(C4CCCC4)ccc32)cn1. The molecule has 2 heterocycles. The molecule has 1 saturated carbocycles. The molecule has 3 heteroatoms.